The Bertz CT molecular complexity index is 1930. The summed E-state index contributed by atoms with van der Waals surface area (Å²) in [6.45, 7) is 0. The van der Waals surface area contributed by atoms with Crippen LogP contribution in [0.5, 0.6) is 0 Å². The van der Waals surface area contributed by atoms with E-state index in [1.54, 1.807) is 6.20 Å². The summed E-state index contributed by atoms with van der Waals surface area (Å²) < 4.78 is 0. The van der Waals surface area contributed by atoms with Crippen LogP contribution in [0.1, 0.15) is 0 Å². The Hall–Kier alpha value is -5.67. The molecule has 2 aromatic heterocycles. The van der Waals surface area contributed by atoms with Crippen molar-refractivity contribution in [2.75, 3.05) is 0 Å². The van der Waals surface area contributed by atoms with E-state index in [0.717, 1.165) is 55.9 Å². The highest BCUT2D eigenvalue weighted by Gasteiger charge is 2.14. The minimum absolute atomic E-state index is 0.709. The maximum atomic E-state index is 5.07. The molecule has 0 N–H and O–H groups in total. The van der Waals surface area contributed by atoms with Gasteiger partial charge >= 0.3 is 0 Å². The Labute approximate surface area is 245 Å². The molecule has 0 amide bonds. The number of hydrogen-bond acceptors (Lipinski definition) is 3. The standard InChI is InChI=1S/C39H27N3/c1-3-10-31(11-4-1)35-15-7-8-16-36(35)38-26-37(41-39(42-38)33-12-5-2-6-13-33)32-23-21-29(22-24-32)28-17-19-30(20-18-28)34-14-9-25-40-27-34/h1-27H. The van der Waals surface area contributed by atoms with Crippen molar-refractivity contribution in [1.82, 2.24) is 15.0 Å². The molecule has 7 rings (SSSR count). The molecule has 42 heavy (non-hydrogen) atoms. The quantitative estimate of drug-likeness (QED) is 0.212. The lowest BCUT2D eigenvalue weighted by molar-refractivity contribution is 1.18. The molecule has 3 heteroatoms. The summed E-state index contributed by atoms with van der Waals surface area (Å²) in [4.78, 5) is 14.3. The van der Waals surface area contributed by atoms with E-state index in [4.69, 9.17) is 9.97 Å². The molecule has 0 aliphatic rings. The highest BCUT2D eigenvalue weighted by molar-refractivity contribution is 5.84. The van der Waals surface area contributed by atoms with Crippen LogP contribution in [0.15, 0.2) is 164 Å². The van der Waals surface area contributed by atoms with Gasteiger partial charge in [0, 0.05) is 29.1 Å². The summed E-state index contributed by atoms with van der Waals surface area (Å²) in [7, 11) is 0. The number of rotatable bonds is 6. The van der Waals surface area contributed by atoms with Crippen molar-refractivity contribution in [2.24, 2.45) is 0 Å². The summed E-state index contributed by atoms with van der Waals surface area (Å²) in [5.41, 5.74) is 11.8. The van der Waals surface area contributed by atoms with Crippen molar-refractivity contribution in [3.63, 3.8) is 0 Å². The molecule has 0 aliphatic heterocycles. The zero-order valence-corrected chi connectivity index (χ0v) is 22.9. The van der Waals surface area contributed by atoms with E-state index in [9.17, 15) is 0 Å². The van der Waals surface area contributed by atoms with Crippen LogP contribution in [-0.2, 0) is 0 Å². The van der Waals surface area contributed by atoms with Crippen molar-refractivity contribution < 1.29 is 0 Å². The maximum Gasteiger partial charge on any atom is 0.160 e. The van der Waals surface area contributed by atoms with Crippen molar-refractivity contribution in [3.05, 3.63) is 164 Å². The van der Waals surface area contributed by atoms with Gasteiger partial charge < -0.3 is 0 Å². The van der Waals surface area contributed by atoms with Gasteiger partial charge in [-0.2, -0.15) is 0 Å². The van der Waals surface area contributed by atoms with Crippen LogP contribution in [-0.4, -0.2) is 15.0 Å². The van der Waals surface area contributed by atoms with Crippen LogP contribution >= 0.6 is 0 Å². The molecule has 0 aliphatic carbocycles. The molecular weight excluding hydrogens is 510 g/mol. The molecule has 0 saturated heterocycles. The zero-order valence-electron chi connectivity index (χ0n) is 22.9. The second-order valence-electron chi connectivity index (χ2n) is 10.1. The summed E-state index contributed by atoms with van der Waals surface area (Å²) >= 11 is 0. The molecule has 0 saturated carbocycles. The predicted molar refractivity (Wildman–Crippen MR) is 172 cm³/mol. The van der Waals surface area contributed by atoms with E-state index in [1.165, 1.54) is 5.56 Å². The van der Waals surface area contributed by atoms with E-state index < -0.39 is 0 Å². The number of benzene rings is 5. The minimum Gasteiger partial charge on any atom is -0.264 e. The highest BCUT2D eigenvalue weighted by Crippen LogP contribution is 2.34. The SMILES string of the molecule is c1ccc(-c2nc(-c3ccc(-c4ccc(-c5cccnc5)cc4)cc3)cc(-c3ccccc3-c3ccccc3)n2)cc1. The van der Waals surface area contributed by atoms with Crippen molar-refractivity contribution >= 4 is 0 Å². The average molecular weight is 538 g/mol. The third kappa shape index (κ3) is 5.24. The number of hydrogen-bond donors (Lipinski definition) is 0. The fourth-order valence-corrected chi connectivity index (χ4v) is 5.25. The number of aromatic nitrogens is 3. The summed E-state index contributed by atoms with van der Waals surface area (Å²) in [5, 5.41) is 0. The van der Waals surface area contributed by atoms with E-state index in [2.05, 4.69) is 126 Å². The van der Waals surface area contributed by atoms with Crippen molar-refractivity contribution in [2.45, 2.75) is 0 Å². The molecule has 0 bridgehead atoms. The lowest BCUT2D eigenvalue weighted by Gasteiger charge is -2.13. The lowest BCUT2D eigenvalue weighted by atomic mass is 9.96. The van der Waals surface area contributed by atoms with Gasteiger partial charge in [-0.25, -0.2) is 9.97 Å². The maximum absolute atomic E-state index is 5.07. The van der Waals surface area contributed by atoms with Gasteiger partial charge in [-0.1, -0.05) is 140 Å². The van der Waals surface area contributed by atoms with Gasteiger partial charge in [0.1, 0.15) is 0 Å². The van der Waals surface area contributed by atoms with Gasteiger partial charge in [-0.15, -0.1) is 0 Å². The van der Waals surface area contributed by atoms with Crippen LogP contribution in [0, 0.1) is 0 Å². The lowest BCUT2D eigenvalue weighted by Crippen LogP contribution is -1.97. The largest absolute Gasteiger partial charge is 0.264 e. The third-order valence-electron chi connectivity index (χ3n) is 7.44. The first-order valence-corrected chi connectivity index (χ1v) is 14.0. The zero-order chi connectivity index (χ0) is 28.1. The fourth-order valence-electron chi connectivity index (χ4n) is 5.25. The summed E-state index contributed by atoms with van der Waals surface area (Å²) in [5.74, 6) is 0.709. The highest BCUT2D eigenvalue weighted by atomic mass is 14.9. The Morgan fingerprint density at radius 3 is 1.45 bits per heavy atom. The van der Waals surface area contributed by atoms with Crippen LogP contribution < -0.4 is 0 Å². The van der Waals surface area contributed by atoms with Gasteiger partial charge in [0.15, 0.2) is 5.82 Å². The first-order chi connectivity index (χ1) is 20.8. The van der Waals surface area contributed by atoms with Gasteiger partial charge in [-0.3, -0.25) is 4.98 Å². The molecule has 3 nitrogen and oxygen atoms in total. The third-order valence-corrected chi connectivity index (χ3v) is 7.44. The molecule has 0 spiro atoms. The first kappa shape index (κ1) is 25.3. The molecule has 2 heterocycles. The topological polar surface area (TPSA) is 38.7 Å². The van der Waals surface area contributed by atoms with Crippen molar-refractivity contribution in [3.8, 4) is 67.3 Å². The Morgan fingerprint density at radius 1 is 0.333 bits per heavy atom. The molecule has 7 aromatic rings. The minimum atomic E-state index is 0.709. The van der Waals surface area contributed by atoms with Crippen LogP contribution in [0.3, 0.4) is 0 Å². The van der Waals surface area contributed by atoms with Crippen LogP contribution in [0.4, 0.5) is 0 Å². The first-order valence-electron chi connectivity index (χ1n) is 14.0. The monoisotopic (exact) mass is 537 g/mol. The Kier molecular flexibility index (Phi) is 6.89. The summed E-state index contributed by atoms with van der Waals surface area (Å²) in [6.07, 6.45) is 3.69. The molecule has 198 valence electrons. The van der Waals surface area contributed by atoms with E-state index in [0.29, 0.717) is 5.82 Å². The molecule has 5 aromatic carbocycles. The van der Waals surface area contributed by atoms with E-state index in [1.807, 2.05) is 36.5 Å². The van der Waals surface area contributed by atoms with Crippen LogP contribution in [0.2, 0.25) is 0 Å². The molecule has 0 atom stereocenters. The van der Waals surface area contributed by atoms with Crippen LogP contribution in [0.25, 0.3) is 67.3 Å². The molecular formula is C39H27N3. The average Bonchev–Trinajstić information content (AvgIpc) is 3.09. The Balaban J connectivity index is 1.28. The van der Waals surface area contributed by atoms with Gasteiger partial charge in [-0.05, 0) is 45.5 Å². The normalized spacial score (nSPS) is 10.9. The predicted octanol–water partition coefficient (Wildman–Crippen LogP) is 9.87. The summed E-state index contributed by atoms with van der Waals surface area (Å²) in [6, 6.07) is 52.5. The Morgan fingerprint density at radius 2 is 0.833 bits per heavy atom. The molecule has 0 fully saturated rings. The molecule has 0 radical (unpaired) electrons. The van der Waals surface area contributed by atoms with Gasteiger partial charge in [0.25, 0.3) is 0 Å². The van der Waals surface area contributed by atoms with E-state index >= 15 is 0 Å². The smallest absolute Gasteiger partial charge is 0.160 e. The van der Waals surface area contributed by atoms with Gasteiger partial charge in [0.05, 0.1) is 11.4 Å². The number of pyridine rings is 1. The number of nitrogens with zero attached hydrogens (tertiary/aromatic N) is 3. The second kappa shape index (κ2) is 11.4. The van der Waals surface area contributed by atoms with Gasteiger partial charge in [0.2, 0.25) is 0 Å². The molecule has 0 unspecified atom stereocenters. The second-order valence-corrected chi connectivity index (χ2v) is 10.1. The van der Waals surface area contributed by atoms with Crippen molar-refractivity contribution in [1.29, 1.82) is 0 Å². The fraction of sp³-hybridized carbons (Fsp3) is 0. The van der Waals surface area contributed by atoms with E-state index in [-0.39, 0.29) is 0 Å².